The van der Waals surface area contributed by atoms with Crippen molar-refractivity contribution in [3.05, 3.63) is 93.6 Å². The van der Waals surface area contributed by atoms with Crippen molar-refractivity contribution in [1.29, 1.82) is 0 Å². The Kier molecular flexibility index (Phi) is 9.83. The van der Waals surface area contributed by atoms with Gasteiger partial charge in [-0.05, 0) is 98.2 Å². The first-order valence-corrected chi connectivity index (χ1v) is 17.2. The number of esters is 3. The second-order valence-electron chi connectivity index (χ2n) is 13.5. The normalized spacial score (nSPS) is 17.8. The Morgan fingerprint density at radius 1 is 0.830 bits per heavy atom. The summed E-state index contributed by atoms with van der Waals surface area (Å²) in [5.41, 5.74) is 9.92. The maximum Gasteiger partial charge on any atom is 0.334 e. The molecule has 1 unspecified atom stereocenters. The highest BCUT2D eigenvalue weighted by atomic mass is 16.5. The zero-order chi connectivity index (χ0) is 38.4. The first-order valence-electron chi connectivity index (χ1n) is 17.2. The highest BCUT2D eigenvalue weighted by molar-refractivity contribution is 6.02. The molecule has 6 rings (SSSR count). The predicted octanol–water partition coefficient (Wildman–Crippen LogP) is 6.72. The van der Waals surface area contributed by atoms with Gasteiger partial charge >= 0.3 is 23.9 Å². The van der Waals surface area contributed by atoms with E-state index in [1.807, 2.05) is 52.0 Å². The van der Waals surface area contributed by atoms with Crippen LogP contribution >= 0.6 is 0 Å². The van der Waals surface area contributed by atoms with Gasteiger partial charge in [0.1, 0.15) is 5.92 Å². The molecular weight excluding hydrogens is 676 g/mol. The van der Waals surface area contributed by atoms with E-state index in [0.717, 1.165) is 44.4 Å². The maximum atomic E-state index is 13.7. The fraction of sp³-hybridized carbons (Fsp3) is 0.317. The molecule has 0 radical (unpaired) electrons. The number of ether oxygens (including phenoxy) is 3. The average Bonchev–Trinajstić information content (AvgIpc) is 3.79. The van der Waals surface area contributed by atoms with Crippen molar-refractivity contribution in [2.75, 3.05) is 21.3 Å². The number of carbonyl (C=O) groups is 4. The SMILES string of the molecule is C=Cc1c(C)c2cc3nc(cc4[nH]c(cc5nc(cc1[nH]2)C(C)=C5CCC(=O)O)c(CCC(=O)OC)c4C)C1(C)C3=CC=C(C(=O)OC)[C@H]1C(=O)OC. The summed E-state index contributed by atoms with van der Waals surface area (Å²) >= 11 is 0. The number of hydrogen-bond donors (Lipinski definition) is 3. The second kappa shape index (κ2) is 14.2. The van der Waals surface area contributed by atoms with Crippen LogP contribution in [0.2, 0.25) is 0 Å². The van der Waals surface area contributed by atoms with Crippen molar-refractivity contribution in [3.63, 3.8) is 0 Å². The zero-order valence-electron chi connectivity index (χ0n) is 30.9. The number of allylic oxidation sites excluding steroid dienone is 5. The van der Waals surface area contributed by atoms with E-state index < -0.39 is 29.2 Å². The van der Waals surface area contributed by atoms with E-state index >= 15 is 0 Å². The number of rotatable bonds is 9. The number of carboxylic acid groups (broad SMARTS) is 1. The molecule has 0 fully saturated rings. The monoisotopic (exact) mass is 718 g/mol. The van der Waals surface area contributed by atoms with Crippen molar-refractivity contribution < 1.29 is 38.5 Å². The Balaban J connectivity index is 1.78. The van der Waals surface area contributed by atoms with Crippen molar-refractivity contribution in [3.8, 4) is 0 Å². The number of aliphatic carboxylic acids is 1. The standard InChI is InChI=1S/C41H42N4O8/c1-9-23-20(2)29-17-34-27-13-10-26(39(49)52-7)38(40(50)53-8)41(27,5)35(45-34)19-30-22(4)25(12-15-37(48)51-6)33(44-30)18-32-24(11-14-36(46)47)21(3)28(43-32)16-31(23)42-29/h9-10,13,16-19,38,42,44H,1,11-12,14-15H2,2-8H3,(H,46,47)/t38-,41?/m0/s1. The van der Waals surface area contributed by atoms with Crippen LogP contribution in [-0.4, -0.2) is 70.2 Å². The molecule has 53 heavy (non-hydrogen) atoms. The number of methoxy groups -OCH3 is 3. The molecule has 0 saturated heterocycles. The van der Waals surface area contributed by atoms with E-state index in [0.29, 0.717) is 45.8 Å². The predicted molar refractivity (Wildman–Crippen MR) is 201 cm³/mol. The summed E-state index contributed by atoms with van der Waals surface area (Å²) in [6.45, 7) is 11.8. The Morgan fingerprint density at radius 2 is 1.51 bits per heavy atom. The molecule has 12 nitrogen and oxygen atoms in total. The topological polar surface area (TPSA) is 174 Å². The van der Waals surface area contributed by atoms with Crippen LogP contribution in [0.4, 0.5) is 0 Å². The third kappa shape index (κ3) is 6.28. The van der Waals surface area contributed by atoms with Crippen LogP contribution in [0.15, 0.2) is 48.6 Å². The van der Waals surface area contributed by atoms with Gasteiger partial charge in [-0.25, -0.2) is 9.78 Å². The van der Waals surface area contributed by atoms with Crippen LogP contribution in [0.3, 0.4) is 0 Å². The number of nitrogens with zero attached hydrogens (tertiary/aromatic N) is 2. The van der Waals surface area contributed by atoms with Crippen molar-refractivity contribution in [2.45, 2.75) is 58.8 Å². The van der Waals surface area contributed by atoms with Gasteiger partial charge in [0, 0.05) is 40.5 Å². The number of carbonyl (C=O) groups excluding carboxylic acids is 3. The third-order valence-electron chi connectivity index (χ3n) is 10.7. The molecule has 3 aliphatic rings. The summed E-state index contributed by atoms with van der Waals surface area (Å²) in [7, 11) is 3.89. The first-order chi connectivity index (χ1) is 25.3. The molecule has 2 aliphatic heterocycles. The fourth-order valence-corrected chi connectivity index (χ4v) is 7.68. The molecule has 0 amide bonds. The molecule has 0 saturated carbocycles. The zero-order valence-corrected chi connectivity index (χ0v) is 30.9. The number of aromatic nitrogens is 4. The molecule has 5 heterocycles. The second-order valence-corrected chi connectivity index (χ2v) is 13.5. The van der Waals surface area contributed by atoms with Gasteiger partial charge in [0.15, 0.2) is 0 Å². The van der Waals surface area contributed by atoms with Crippen LogP contribution in [0.1, 0.15) is 78.1 Å². The van der Waals surface area contributed by atoms with Gasteiger partial charge in [-0.1, -0.05) is 24.8 Å². The number of aryl methyl sites for hydroxylation is 3. The molecule has 0 aromatic carbocycles. The van der Waals surface area contributed by atoms with E-state index in [1.165, 1.54) is 21.3 Å². The Morgan fingerprint density at radius 3 is 2.17 bits per heavy atom. The smallest absolute Gasteiger partial charge is 0.334 e. The minimum Gasteiger partial charge on any atom is -0.481 e. The average molecular weight is 719 g/mol. The molecule has 274 valence electrons. The summed E-state index contributed by atoms with van der Waals surface area (Å²) in [5, 5.41) is 9.61. The third-order valence-corrected chi connectivity index (χ3v) is 10.7. The van der Waals surface area contributed by atoms with Crippen molar-refractivity contribution >= 4 is 68.7 Å². The van der Waals surface area contributed by atoms with Crippen LogP contribution in [0.5, 0.6) is 0 Å². The lowest BCUT2D eigenvalue weighted by molar-refractivity contribution is -0.149. The molecule has 3 N–H and O–H groups in total. The van der Waals surface area contributed by atoms with E-state index in [1.54, 1.807) is 18.2 Å². The lowest BCUT2D eigenvalue weighted by Crippen LogP contribution is -2.42. The van der Waals surface area contributed by atoms with Gasteiger partial charge in [-0.3, -0.25) is 19.4 Å². The molecule has 12 heteroatoms. The molecule has 8 bridgehead atoms. The first kappa shape index (κ1) is 36.7. The quantitative estimate of drug-likeness (QED) is 0.159. The van der Waals surface area contributed by atoms with Gasteiger partial charge in [0.05, 0.1) is 55.1 Å². The van der Waals surface area contributed by atoms with E-state index in [2.05, 4.69) is 16.5 Å². The van der Waals surface area contributed by atoms with Gasteiger partial charge < -0.3 is 29.3 Å². The molecule has 3 aromatic heterocycles. The van der Waals surface area contributed by atoms with Crippen molar-refractivity contribution in [2.24, 2.45) is 5.92 Å². The molecule has 2 atom stereocenters. The molecule has 3 aromatic rings. The molecular formula is C41H42N4O8. The van der Waals surface area contributed by atoms with Crippen molar-refractivity contribution in [1.82, 2.24) is 19.9 Å². The maximum absolute atomic E-state index is 13.7. The van der Waals surface area contributed by atoms with E-state index in [4.69, 9.17) is 24.2 Å². The minimum absolute atomic E-state index is 0.0837. The molecule has 1 aliphatic carbocycles. The highest BCUT2D eigenvalue weighted by Gasteiger charge is 2.53. The molecule has 0 spiro atoms. The van der Waals surface area contributed by atoms with E-state index in [9.17, 15) is 24.3 Å². The van der Waals surface area contributed by atoms with Gasteiger partial charge in [-0.2, -0.15) is 0 Å². The van der Waals surface area contributed by atoms with Gasteiger partial charge in [0.2, 0.25) is 0 Å². The largest absolute Gasteiger partial charge is 0.481 e. The Hall–Kier alpha value is -6.04. The Bertz CT molecular complexity index is 2370. The van der Waals surface area contributed by atoms with Gasteiger partial charge in [-0.15, -0.1) is 0 Å². The van der Waals surface area contributed by atoms with Crippen LogP contribution in [0, 0.1) is 19.8 Å². The van der Waals surface area contributed by atoms with Crippen LogP contribution in [-0.2, 0) is 45.2 Å². The summed E-state index contributed by atoms with van der Waals surface area (Å²) in [6.07, 6.45) is 5.79. The number of carboxylic acids is 1. The Labute approximate surface area is 306 Å². The minimum atomic E-state index is -1.17. The number of hydrogen-bond acceptors (Lipinski definition) is 9. The summed E-state index contributed by atoms with van der Waals surface area (Å²) in [6, 6.07) is 7.59. The number of H-pyrrole nitrogens is 2. The summed E-state index contributed by atoms with van der Waals surface area (Å²) in [5.74, 6) is -3.66. The lowest BCUT2D eigenvalue weighted by Gasteiger charge is -2.36. The fourth-order valence-electron chi connectivity index (χ4n) is 7.68. The van der Waals surface area contributed by atoms with Crippen LogP contribution in [0.25, 0.3) is 44.9 Å². The number of fused-ring (bicyclic) bond motifs is 11. The van der Waals surface area contributed by atoms with Gasteiger partial charge in [0.25, 0.3) is 0 Å². The number of nitrogens with one attached hydrogen (secondary N) is 2. The summed E-state index contributed by atoms with van der Waals surface area (Å²) in [4.78, 5) is 68.1. The summed E-state index contributed by atoms with van der Waals surface area (Å²) < 4.78 is 15.4. The lowest BCUT2D eigenvalue weighted by atomic mass is 9.64. The highest BCUT2D eigenvalue weighted by Crippen LogP contribution is 2.52. The van der Waals surface area contributed by atoms with E-state index in [-0.39, 0.29) is 30.8 Å². The van der Waals surface area contributed by atoms with Crippen LogP contribution < -0.4 is 0 Å². The number of aromatic amines is 2.